The molecule has 0 fully saturated rings. The molecule has 1 atom stereocenters. The molecule has 0 aliphatic carbocycles. The minimum atomic E-state index is -0.413. The predicted molar refractivity (Wildman–Crippen MR) is 81.8 cm³/mol. The highest BCUT2D eigenvalue weighted by atomic mass is 16.5. The van der Waals surface area contributed by atoms with E-state index < -0.39 is 5.92 Å². The number of ether oxygens (including phenoxy) is 1. The summed E-state index contributed by atoms with van der Waals surface area (Å²) in [5.41, 5.74) is 1.48. The highest BCUT2D eigenvalue weighted by Crippen LogP contribution is 2.25. The standard InChI is InChI=1S/C18H18O3/c1-13(19)17(14-8-10-16(21-2)11-9-14)12-18(20)15-6-4-3-5-7-15/h3-11,17H,12H2,1-2H3. The Labute approximate surface area is 124 Å². The van der Waals surface area contributed by atoms with Gasteiger partial charge in [0.25, 0.3) is 0 Å². The summed E-state index contributed by atoms with van der Waals surface area (Å²) in [4.78, 5) is 24.2. The zero-order valence-electron chi connectivity index (χ0n) is 12.2. The summed E-state index contributed by atoms with van der Waals surface area (Å²) in [5.74, 6) is 0.287. The van der Waals surface area contributed by atoms with Crippen LogP contribution in [0.5, 0.6) is 5.75 Å². The molecule has 0 radical (unpaired) electrons. The fourth-order valence-corrected chi connectivity index (χ4v) is 2.26. The number of carbonyl (C=O) groups is 2. The predicted octanol–water partition coefficient (Wildman–Crippen LogP) is 3.64. The topological polar surface area (TPSA) is 43.4 Å². The van der Waals surface area contributed by atoms with Crippen molar-refractivity contribution in [2.75, 3.05) is 7.11 Å². The Hall–Kier alpha value is -2.42. The summed E-state index contributed by atoms with van der Waals surface area (Å²) in [5, 5.41) is 0. The minimum absolute atomic E-state index is 0.00977. The average molecular weight is 282 g/mol. The number of Topliss-reactive ketones (excluding diaryl/α,β-unsaturated/α-hetero) is 2. The van der Waals surface area contributed by atoms with Crippen molar-refractivity contribution in [1.29, 1.82) is 0 Å². The molecule has 108 valence electrons. The molecular formula is C18H18O3. The third-order valence-electron chi connectivity index (χ3n) is 3.49. The fraction of sp³-hybridized carbons (Fsp3) is 0.222. The zero-order valence-corrected chi connectivity index (χ0v) is 12.2. The van der Waals surface area contributed by atoms with Gasteiger partial charge in [0.2, 0.25) is 0 Å². The number of hydrogen-bond acceptors (Lipinski definition) is 3. The Morgan fingerprint density at radius 3 is 2.14 bits per heavy atom. The van der Waals surface area contributed by atoms with Crippen LogP contribution in [0.15, 0.2) is 54.6 Å². The second-order valence-electron chi connectivity index (χ2n) is 4.93. The quantitative estimate of drug-likeness (QED) is 0.760. The summed E-state index contributed by atoms with van der Waals surface area (Å²) in [7, 11) is 1.59. The molecule has 0 N–H and O–H groups in total. The SMILES string of the molecule is COc1ccc(C(CC(=O)c2ccccc2)C(C)=O)cc1. The van der Waals surface area contributed by atoms with Gasteiger partial charge >= 0.3 is 0 Å². The first-order valence-corrected chi connectivity index (χ1v) is 6.84. The van der Waals surface area contributed by atoms with Crippen LogP contribution in [0.25, 0.3) is 0 Å². The number of benzene rings is 2. The van der Waals surface area contributed by atoms with Crippen LogP contribution in [0.3, 0.4) is 0 Å². The first-order valence-electron chi connectivity index (χ1n) is 6.84. The molecule has 2 aromatic rings. The Morgan fingerprint density at radius 1 is 1.00 bits per heavy atom. The van der Waals surface area contributed by atoms with Gasteiger partial charge in [-0.05, 0) is 24.6 Å². The second-order valence-corrected chi connectivity index (χ2v) is 4.93. The van der Waals surface area contributed by atoms with Gasteiger partial charge in [-0.1, -0.05) is 42.5 Å². The maximum Gasteiger partial charge on any atom is 0.163 e. The van der Waals surface area contributed by atoms with E-state index in [4.69, 9.17) is 4.74 Å². The van der Waals surface area contributed by atoms with E-state index in [9.17, 15) is 9.59 Å². The molecule has 0 aliphatic rings. The van der Waals surface area contributed by atoms with Gasteiger partial charge in [0.15, 0.2) is 5.78 Å². The van der Waals surface area contributed by atoms with Crippen molar-refractivity contribution in [3.05, 3.63) is 65.7 Å². The number of rotatable bonds is 6. The van der Waals surface area contributed by atoms with Crippen LogP contribution in [-0.4, -0.2) is 18.7 Å². The van der Waals surface area contributed by atoms with E-state index in [2.05, 4.69) is 0 Å². The Morgan fingerprint density at radius 2 is 1.62 bits per heavy atom. The summed E-state index contributed by atoms with van der Waals surface area (Å²) >= 11 is 0. The number of ketones is 2. The van der Waals surface area contributed by atoms with Crippen molar-refractivity contribution in [3.63, 3.8) is 0 Å². The summed E-state index contributed by atoms with van der Waals surface area (Å²) in [6.07, 6.45) is 0.186. The summed E-state index contributed by atoms with van der Waals surface area (Å²) in [6, 6.07) is 16.3. The van der Waals surface area contributed by atoms with Crippen LogP contribution in [-0.2, 0) is 4.79 Å². The van der Waals surface area contributed by atoms with E-state index in [-0.39, 0.29) is 18.0 Å². The number of hydrogen-bond donors (Lipinski definition) is 0. The maximum absolute atomic E-state index is 12.3. The van der Waals surface area contributed by atoms with Crippen LogP contribution >= 0.6 is 0 Å². The molecule has 3 heteroatoms. The molecule has 2 rings (SSSR count). The zero-order chi connectivity index (χ0) is 15.2. The van der Waals surface area contributed by atoms with Crippen molar-refractivity contribution < 1.29 is 14.3 Å². The Kier molecular flexibility index (Phi) is 4.88. The van der Waals surface area contributed by atoms with Gasteiger partial charge in [0.1, 0.15) is 11.5 Å². The molecule has 0 aliphatic heterocycles. The maximum atomic E-state index is 12.3. The molecule has 3 nitrogen and oxygen atoms in total. The highest BCUT2D eigenvalue weighted by molar-refractivity contribution is 6.00. The van der Waals surface area contributed by atoms with Crippen molar-refractivity contribution in [2.24, 2.45) is 0 Å². The lowest BCUT2D eigenvalue weighted by molar-refractivity contribution is -0.118. The van der Waals surface area contributed by atoms with Crippen LogP contribution in [0.4, 0.5) is 0 Å². The van der Waals surface area contributed by atoms with E-state index in [0.29, 0.717) is 5.56 Å². The molecule has 1 unspecified atom stereocenters. The van der Waals surface area contributed by atoms with Crippen molar-refractivity contribution in [3.8, 4) is 5.75 Å². The smallest absolute Gasteiger partial charge is 0.163 e. The Balaban J connectivity index is 2.19. The normalized spacial score (nSPS) is 11.7. The molecule has 0 bridgehead atoms. The Bertz CT molecular complexity index is 615. The molecule has 0 saturated carbocycles. The van der Waals surface area contributed by atoms with Gasteiger partial charge in [-0.25, -0.2) is 0 Å². The van der Waals surface area contributed by atoms with Crippen molar-refractivity contribution >= 4 is 11.6 Å². The van der Waals surface area contributed by atoms with Crippen molar-refractivity contribution in [1.82, 2.24) is 0 Å². The van der Waals surface area contributed by atoms with E-state index in [1.165, 1.54) is 6.92 Å². The van der Waals surface area contributed by atoms with Gasteiger partial charge < -0.3 is 4.74 Å². The lowest BCUT2D eigenvalue weighted by Crippen LogP contribution is -2.14. The van der Waals surface area contributed by atoms with Gasteiger partial charge in [-0.2, -0.15) is 0 Å². The third-order valence-corrected chi connectivity index (χ3v) is 3.49. The van der Waals surface area contributed by atoms with Crippen LogP contribution in [0.1, 0.15) is 35.2 Å². The molecule has 0 heterocycles. The summed E-state index contributed by atoms with van der Waals surface area (Å²) < 4.78 is 5.11. The highest BCUT2D eigenvalue weighted by Gasteiger charge is 2.21. The van der Waals surface area contributed by atoms with Crippen LogP contribution in [0.2, 0.25) is 0 Å². The second kappa shape index (κ2) is 6.84. The third kappa shape index (κ3) is 3.78. The van der Waals surface area contributed by atoms with E-state index in [0.717, 1.165) is 11.3 Å². The molecule has 0 spiro atoms. The molecule has 0 amide bonds. The summed E-state index contributed by atoms with van der Waals surface area (Å²) in [6.45, 7) is 1.52. The fourth-order valence-electron chi connectivity index (χ4n) is 2.26. The molecule has 0 aromatic heterocycles. The number of methoxy groups -OCH3 is 1. The first-order chi connectivity index (χ1) is 10.1. The van der Waals surface area contributed by atoms with Gasteiger partial charge in [-0.15, -0.1) is 0 Å². The van der Waals surface area contributed by atoms with E-state index >= 15 is 0 Å². The monoisotopic (exact) mass is 282 g/mol. The molecular weight excluding hydrogens is 264 g/mol. The average Bonchev–Trinajstić information content (AvgIpc) is 2.53. The largest absolute Gasteiger partial charge is 0.497 e. The van der Waals surface area contributed by atoms with Crippen molar-refractivity contribution in [2.45, 2.75) is 19.3 Å². The van der Waals surface area contributed by atoms with E-state index in [1.807, 2.05) is 30.3 Å². The molecule has 0 saturated heterocycles. The van der Waals surface area contributed by atoms with Gasteiger partial charge in [0.05, 0.1) is 7.11 Å². The van der Waals surface area contributed by atoms with E-state index in [1.54, 1.807) is 31.4 Å². The lowest BCUT2D eigenvalue weighted by Gasteiger charge is -2.14. The van der Waals surface area contributed by atoms with Crippen LogP contribution in [0, 0.1) is 0 Å². The first kappa shape index (κ1) is 15.0. The lowest BCUT2D eigenvalue weighted by atomic mass is 9.89. The molecule has 21 heavy (non-hydrogen) atoms. The number of carbonyl (C=O) groups excluding carboxylic acids is 2. The molecule has 2 aromatic carbocycles. The minimum Gasteiger partial charge on any atom is -0.497 e. The van der Waals surface area contributed by atoms with Gasteiger partial charge in [0, 0.05) is 17.9 Å². The van der Waals surface area contributed by atoms with Crippen LogP contribution < -0.4 is 4.74 Å². The van der Waals surface area contributed by atoms with Gasteiger partial charge in [-0.3, -0.25) is 9.59 Å².